The maximum Gasteiger partial charge on any atom is 0.0483 e. The molecule has 0 aliphatic heterocycles. The molecular formula is C12H17Cl2N. The summed E-state index contributed by atoms with van der Waals surface area (Å²) in [6, 6.07) is 7.85. The first kappa shape index (κ1) is 12.8. The van der Waals surface area contributed by atoms with Crippen LogP contribution >= 0.6 is 23.2 Å². The number of hydrogen-bond acceptors (Lipinski definition) is 1. The second-order valence-electron chi connectivity index (χ2n) is 4.02. The van der Waals surface area contributed by atoms with Crippen molar-refractivity contribution in [3.8, 4) is 0 Å². The zero-order valence-corrected chi connectivity index (χ0v) is 10.6. The van der Waals surface area contributed by atoms with E-state index in [1.54, 1.807) is 0 Å². The van der Waals surface area contributed by atoms with Crippen LogP contribution in [0.4, 0.5) is 0 Å². The van der Waals surface area contributed by atoms with Crippen LogP contribution in [0.15, 0.2) is 24.3 Å². The Morgan fingerprint density at radius 1 is 1.20 bits per heavy atom. The zero-order valence-electron chi connectivity index (χ0n) is 9.13. The Morgan fingerprint density at radius 3 is 2.33 bits per heavy atom. The molecule has 1 unspecified atom stereocenters. The Bertz CT molecular complexity index is 282. The summed E-state index contributed by atoms with van der Waals surface area (Å²) in [5.74, 6) is 0.504. The number of nitrogens with one attached hydrogen (secondary N) is 1. The van der Waals surface area contributed by atoms with E-state index >= 15 is 0 Å². The lowest BCUT2D eigenvalue weighted by Crippen LogP contribution is -2.26. The van der Waals surface area contributed by atoms with Gasteiger partial charge in [0, 0.05) is 23.5 Å². The normalized spacial score (nSPS) is 13.1. The van der Waals surface area contributed by atoms with Crippen molar-refractivity contribution in [1.82, 2.24) is 5.32 Å². The molecule has 84 valence electrons. The monoisotopic (exact) mass is 245 g/mol. The first-order valence-electron chi connectivity index (χ1n) is 5.19. The minimum Gasteiger partial charge on any atom is -0.311 e. The van der Waals surface area contributed by atoms with Gasteiger partial charge in [-0.05, 0) is 23.6 Å². The van der Waals surface area contributed by atoms with Gasteiger partial charge in [0.15, 0.2) is 0 Å². The van der Waals surface area contributed by atoms with Crippen molar-refractivity contribution in [3.05, 3.63) is 34.9 Å². The molecule has 1 atom stereocenters. The summed E-state index contributed by atoms with van der Waals surface area (Å²) in [5, 5.41) is 4.29. The Balaban J connectivity index is 2.29. The third-order valence-corrected chi connectivity index (χ3v) is 3.22. The van der Waals surface area contributed by atoms with Gasteiger partial charge in [-0.1, -0.05) is 37.6 Å². The molecule has 1 aromatic carbocycles. The van der Waals surface area contributed by atoms with Crippen LogP contribution in [0.2, 0.25) is 5.02 Å². The van der Waals surface area contributed by atoms with E-state index in [0.29, 0.717) is 5.92 Å². The van der Waals surface area contributed by atoms with Crippen LogP contribution in [0.5, 0.6) is 0 Å². The van der Waals surface area contributed by atoms with Gasteiger partial charge in [0.05, 0.1) is 0 Å². The van der Waals surface area contributed by atoms with Crippen LogP contribution in [-0.2, 0) is 6.54 Å². The van der Waals surface area contributed by atoms with Gasteiger partial charge in [-0.3, -0.25) is 0 Å². The lowest BCUT2D eigenvalue weighted by molar-refractivity contribution is 0.546. The van der Waals surface area contributed by atoms with E-state index < -0.39 is 0 Å². The highest BCUT2D eigenvalue weighted by Crippen LogP contribution is 2.10. The number of alkyl halides is 1. The molecule has 0 bridgehead atoms. The van der Waals surface area contributed by atoms with Crippen LogP contribution in [-0.4, -0.2) is 11.9 Å². The molecule has 0 amide bonds. The van der Waals surface area contributed by atoms with Gasteiger partial charge in [-0.2, -0.15) is 0 Å². The van der Waals surface area contributed by atoms with Gasteiger partial charge in [0.25, 0.3) is 0 Å². The predicted octanol–water partition coefficient (Wildman–Crippen LogP) is 3.69. The molecule has 1 N–H and O–H groups in total. The molecule has 1 nitrogen and oxygen atoms in total. The summed E-state index contributed by atoms with van der Waals surface area (Å²) in [7, 11) is 0. The topological polar surface area (TPSA) is 12.0 Å². The summed E-state index contributed by atoms with van der Waals surface area (Å²) in [4.78, 5) is 0. The maximum atomic E-state index is 6.12. The lowest BCUT2D eigenvalue weighted by Gasteiger charge is -2.14. The minimum absolute atomic E-state index is 0.192. The molecule has 0 spiro atoms. The zero-order chi connectivity index (χ0) is 11.3. The fraction of sp³-hybridized carbons (Fsp3) is 0.500. The van der Waals surface area contributed by atoms with Crippen LogP contribution in [0.1, 0.15) is 19.4 Å². The number of halogens is 2. The third-order valence-electron chi connectivity index (χ3n) is 2.31. The van der Waals surface area contributed by atoms with Crippen molar-refractivity contribution >= 4 is 23.2 Å². The SMILES string of the molecule is CC(C)C(Cl)CNCc1ccc(Cl)cc1. The van der Waals surface area contributed by atoms with Crippen molar-refractivity contribution in [2.45, 2.75) is 25.8 Å². The van der Waals surface area contributed by atoms with E-state index in [4.69, 9.17) is 23.2 Å². The Labute approximate surface area is 102 Å². The molecule has 0 aliphatic carbocycles. The highest BCUT2D eigenvalue weighted by Gasteiger charge is 2.08. The Hall–Kier alpha value is -0.240. The van der Waals surface area contributed by atoms with Gasteiger partial charge >= 0.3 is 0 Å². The Morgan fingerprint density at radius 2 is 1.80 bits per heavy atom. The van der Waals surface area contributed by atoms with Crippen LogP contribution in [0, 0.1) is 5.92 Å². The molecule has 1 aromatic rings. The molecule has 15 heavy (non-hydrogen) atoms. The van der Waals surface area contributed by atoms with Crippen molar-refractivity contribution in [2.75, 3.05) is 6.54 Å². The summed E-state index contributed by atoms with van der Waals surface area (Å²) >= 11 is 11.9. The average Bonchev–Trinajstić information content (AvgIpc) is 2.20. The Kier molecular flexibility index (Phi) is 5.44. The van der Waals surface area contributed by atoms with E-state index in [2.05, 4.69) is 19.2 Å². The van der Waals surface area contributed by atoms with Crippen molar-refractivity contribution in [3.63, 3.8) is 0 Å². The van der Waals surface area contributed by atoms with Gasteiger partial charge in [0.2, 0.25) is 0 Å². The second kappa shape index (κ2) is 6.37. The first-order chi connectivity index (χ1) is 7.09. The molecular weight excluding hydrogens is 229 g/mol. The largest absolute Gasteiger partial charge is 0.311 e. The minimum atomic E-state index is 0.192. The van der Waals surface area contributed by atoms with Crippen molar-refractivity contribution in [2.24, 2.45) is 5.92 Å². The lowest BCUT2D eigenvalue weighted by atomic mass is 10.1. The number of hydrogen-bond donors (Lipinski definition) is 1. The van der Waals surface area contributed by atoms with Crippen LogP contribution in [0.3, 0.4) is 0 Å². The summed E-state index contributed by atoms with van der Waals surface area (Å²) in [6.07, 6.45) is 0. The van der Waals surface area contributed by atoms with Crippen molar-refractivity contribution in [1.29, 1.82) is 0 Å². The third kappa shape index (κ3) is 4.87. The summed E-state index contributed by atoms with van der Waals surface area (Å²) in [6.45, 7) is 5.93. The van der Waals surface area contributed by atoms with Gasteiger partial charge in [-0.25, -0.2) is 0 Å². The van der Waals surface area contributed by atoms with E-state index in [-0.39, 0.29) is 5.38 Å². The van der Waals surface area contributed by atoms with E-state index in [0.717, 1.165) is 18.1 Å². The first-order valence-corrected chi connectivity index (χ1v) is 6.00. The predicted molar refractivity (Wildman–Crippen MR) is 67.6 cm³/mol. The molecule has 0 fully saturated rings. The fourth-order valence-electron chi connectivity index (χ4n) is 1.19. The van der Waals surface area contributed by atoms with Crippen molar-refractivity contribution < 1.29 is 0 Å². The highest BCUT2D eigenvalue weighted by molar-refractivity contribution is 6.30. The molecule has 3 heteroatoms. The molecule has 0 aromatic heterocycles. The van der Waals surface area contributed by atoms with E-state index in [1.807, 2.05) is 24.3 Å². The molecule has 0 heterocycles. The maximum absolute atomic E-state index is 6.12. The summed E-state index contributed by atoms with van der Waals surface area (Å²) < 4.78 is 0. The molecule has 0 saturated carbocycles. The standard InChI is InChI=1S/C12H17Cl2N/c1-9(2)12(14)8-15-7-10-3-5-11(13)6-4-10/h3-6,9,12,15H,7-8H2,1-2H3. The van der Waals surface area contributed by atoms with Gasteiger partial charge < -0.3 is 5.32 Å². The van der Waals surface area contributed by atoms with Gasteiger partial charge in [-0.15, -0.1) is 11.6 Å². The number of rotatable bonds is 5. The quantitative estimate of drug-likeness (QED) is 0.781. The fourth-order valence-corrected chi connectivity index (χ4v) is 1.43. The second-order valence-corrected chi connectivity index (χ2v) is 5.01. The smallest absolute Gasteiger partial charge is 0.0483 e. The van der Waals surface area contributed by atoms with E-state index in [1.165, 1.54) is 5.56 Å². The van der Waals surface area contributed by atoms with Gasteiger partial charge in [0.1, 0.15) is 0 Å². The molecule has 0 radical (unpaired) electrons. The van der Waals surface area contributed by atoms with Crippen LogP contribution in [0.25, 0.3) is 0 Å². The molecule has 0 saturated heterocycles. The highest BCUT2D eigenvalue weighted by atomic mass is 35.5. The number of benzene rings is 1. The molecule has 0 aliphatic rings. The summed E-state index contributed by atoms with van der Waals surface area (Å²) in [5.41, 5.74) is 1.23. The molecule has 1 rings (SSSR count). The van der Waals surface area contributed by atoms with E-state index in [9.17, 15) is 0 Å². The average molecular weight is 246 g/mol. The van der Waals surface area contributed by atoms with Crippen LogP contribution < -0.4 is 5.32 Å².